The van der Waals surface area contributed by atoms with Crippen molar-refractivity contribution in [2.24, 2.45) is 7.05 Å². The molecule has 0 spiro atoms. The van der Waals surface area contributed by atoms with Crippen molar-refractivity contribution in [3.8, 4) is 11.1 Å². The summed E-state index contributed by atoms with van der Waals surface area (Å²) in [6, 6.07) is 8.98. The molecular weight excluding hydrogens is 210 g/mol. The van der Waals surface area contributed by atoms with Gasteiger partial charge in [-0.05, 0) is 38.1 Å². The zero-order valence-electron chi connectivity index (χ0n) is 10.9. The molecule has 1 N–H and O–H groups in total. The third-order valence-electron chi connectivity index (χ3n) is 3.14. The van der Waals surface area contributed by atoms with Crippen molar-refractivity contribution < 1.29 is 0 Å². The number of hydrogen-bond donors (Lipinski definition) is 1. The molecule has 3 heteroatoms. The Kier molecular flexibility index (Phi) is 3.29. The lowest BCUT2D eigenvalue weighted by Gasteiger charge is -2.11. The fourth-order valence-corrected chi connectivity index (χ4v) is 2.03. The molecule has 0 saturated carbocycles. The van der Waals surface area contributed by atoms with Crippen LogP contribution in [0.15, 0.2) is 30.5 Å². The fourth-order valence-electron chi connectivity index (χ4n) is 2.03. The Labute approximate surface area is 102 Å². The average molecular weight is 229 g/mol. The number of nitrogens with zero attached hydrogens (tertiary/aromatic N) is 2. The SMILES string of the molecule is CNC(C)c1cccc(-c2cn(C)nc2C)c1. The fraction of sp³-hybridized carbons (Fsp3) is 0.357. The summed E-state index contributed by atoms with van der Waals surface area (Å²) < 4.78 is 1.86. The highest BCUT2D eigenvalue weighted by molar-refractivity contribution is 5.65. The van der Waals surface area contributed by atoms with Gasteiger partial charge in [-0.15, -0.1) is 0 Å². The second-order valence-corrected chi connectivity index (χ2v) is 4.44. The summed E-state index contributed by atoms with van der Waals surface area (Å²) in [5, 5.41) is 7.64. The number of hydrogen-bond acceptors (Lipinski definition) is 2. The minimum atomic E-state index is 0.368. The Morgan fingerprint density at radius 3 is 2.71 bits per heavy atom. The van der Waals surface area contributed by atoms with Gasteiger partial charge in [0.25, 0.3) is 0 Å². The van der Waals surface area contributed by atoms with Gasteiger partial charge >= 0.3 is 0 Å². The molecule has 90 valence electrons. The van der Waals surface area contributed by atoms with Gasteiger partial charge < -0.3 is 5.32 Å². The standard InChI is InChI=1S/C14H19N3/c1-10(15-3)12-6-5-7-13(8-12)14-9-17(4)16-11(14)2/h5-10,15H,1-4H3. The van der Waals surface area contributed by atoms with Crippen LogP contribution in [-0.4, -0.2) is 16.8 Å². The first kappa shape index (κ1) is 11.9. The molecule has 1 aromatic carbocycles. The minimum absolute atomic E-state index is 0.368. The van der Waals surface area contributed by atoms with Gasteiger partial charge in [-0.3, -0.25) is 4.68 Å². The predicted molar refractivity (Wildman–Crippen MR) is 70.9 cm³/mol. The van der Waals surface area contributed by atoms with Gasteiger partial charge in [0.15, 0.2) is 0 Å². The van der Waals surface area contributed by atoms with Crippen LogP contribution < -0.4 is 5.32 Å². The molecule has 2 aromatic rings. The van der Waals surface area contributed by atoms with Crippen LogP contribution in [0, 0.1) is 6.92 Å². The average Bonchev–Trinajstić information content (AvgIpc) is 2.67. The first-order valence-corrected chi connectivity index (χ1v) is 5.89. The van der Waals surface area contributed by atoms with E-state index in [1.165, 1.54) is 16.7 Å². The molecule has 17 heavy (non-hydrogen) atoms. The lowest BCUT2D eigenvalue weighted by Crippen LogP contribution is -2.12. The summed E-state index contributed by atoms with van der Waals surface area (Å²) in [6.45, 7) is 4.21. The van der Waals surface area contributed by atoms with Crippen molar-refractivity contribution in [3.05, 3.63) is 41.7 Å². The normalized spacial score (nSPS) is 12.7. The predicted octanol–water partition coefficient (Wildman–Crippen LogP) is 2.68. The second kappa shape index (κ2) is 4.72. The van der Waals surface area contributed by atoms with E-state index in [1.807, 2.05) is 25.7 Å². The highest BCUT2D eigenvalue weighted by atomic mass is 15.2. The van der Waals surface area contributed by atoms with E-state index in [0.717, 1.165) is 5.69 Å². The summed E-state index contributed by atoms with van der Waals surface area (Å²) in [4.78, 5) is 0. The van der Waals surface area contributed by atoms with Gasteiger partial charge in [-0.1, -0.05) is 18.2 Å². The highest BCUT2D eigenvalue weighted by Gasteiger charge is 2.08. The van der Waals surface area contributed by atoms with Crippen molar-refractivity contribution in [1.82, 2.24) is 15.1 Å². The molecule has 0 amide bonds. The molecule has 0 radical (unpaired) electrons. The molecule has 0 bridgehead atoms. The Morgan fingerprint density at radius 1 is 1.35 bits per heavy atom. The molecule has 3 nitrogen and oxygen atoms in total. The Bertz CT molecular complexity index is 514. The quantitative estimate of drug-likeness (QED) is 0.877. The van der Waals surface area contributed by atoms with E-state index in [0.29, 0.717) is 6.04 Å². The van der Waals surface area contributed by atoms with Crippen LogP contribution >= 0.6 is 0 Å². The van der Waals surface area contributed by atoms with Crippen LogP contribution in [-0.2, 0) is 7.05 Å². The topological polar surface area (TPSA) is 29.9 Å². The smallest absolute Gasteiger partial charge is 0.0671 e. The molecule has 0 aliphatic heterocycles. The number of benzene rings is 1. The zero-order chi connectivity index (χ0) is 12.4. The zero-order valence-corrected chi connectivity index (χ0v) is 10.9. The van der Waals surface area contributed by atoms with Gasteiger partial charge in [-0.2, -0.15) is 5.10 Å². The van der Waals surface area contributed by atoms with E-state index < -0.39 is 0 Å². The van der Waals surface area contributed by atoms with Gasteiger partial charge in [-0.25, -0.2) is 0 Å². The van der Waals surface area contributed by atoms with Crippen molar-refractivity contribution in [1.29, 1.82) is 0 Å². The Hall–Kier alpha value is -1.61. The third-order valence-corrected chi connectivity index (χ3v) is 3.14. The third kappa shape index (κ3) is 2.39. The lowest BCUT2D eigenvalue weighted by atomic mass is 10.0. The van der Waals surface area contributed by atoms with Crippen LogP contribution in [0.5, 0.6) is 0 Å². The molecule has 0 aliphatic rings. The van der Waals surface area contributed by atoms with E-state index in [1.54, 1.807) is 0 Å². The highest BCUT2D eigenvalue weighted by Crippen LogP contribution is 2.25. The molecule has 1 aromatic heterocycles. The maximum atomic E-state index is 4.38. The van der Waals surface area contributed by atoms with E-state index in [2.05, 4.69) is 47.8 Å². The Balaban J connectivity index is 2.43. The molecule has 0 aliphatic carbocycles. The van der Waals surface area contributed by atoms with Gasteiger partial charge in [0, 0.05) is 24.8 Å². The van der Waals surface area contributed by atoms with Gasteiger partial charge in [0.2, 0.25) is 0 Å². The molecule has 1 unspecified atom stereocenters. The summed E-state index contributed by atoms with van der Waals surface area (Å²) in [5.41, 5.74) is 4.81. The molecule has 0 fully saturated rings. The molecule has 1 heterocycles. The van der Waals surface area contributed by atoms with Crippen molar-refractivity contribution >= 4 is 0 Å². The first-order chi connectivity index (χ1) is 8.11. The first-order valence-electron chi connectivity index (χ1n) is 5.89. The molecular formula is C14H19N3. The summed E-state index contributed by atoms with van der Waals surface area (Å²) in [5.74, 6) is 0. The molecule has 2 rings (SSSR count). The van der Waals surface area contributed by atoms with E-state index in [9.17, 15) is 0 Å². The lowest BCUT2D eigenvalue weighted by molar-refractivity contribution is 0.652. The van der Waals surface area contributed by atoms with Crippen LogP contribution in [0.1, 0.15) is 24.2 Å². The van der Waals surface area contributed by atoms with Crippen molar-refractivity contribution in [2.75, 3.05) is 7.05 Å². The number of aromatic nitrogens is 2. The van der Waals surface area contributed by atoms with Crippen LogP contribution in [0.4, 0.5) is 0 Å². The maximum Gasteiger partial charge on any atom is 0.0671 e. The van der Waals surface area contributed by atoms with Crippen molar-refractivity contribution in [2.45, 2.75) is 19.9 Å². The van der Waals surface area contributed by atoms with Crippen LogP contribution in [0.3, 0.4) is 0 Å². The van der Waals surface area contributed by atoms with Gasteiger partial charge in [0.05, 0.1) is 5.69 Å². The summed E-state index contributed by atoms with van der Waals surface area (Å²) >= 11 is 0. The molecule has 1 atom stereocenters. The van der Waals surface area contributed by atoms with E-state index in [4.69, 9.17) is 0 Å². The van der Waals surface area contributed by atoms with Gasteiger partial charge in [0.1, 0.15) is 0 Å². The number of aryl methyl sites for hydroxylation is 2. The monoisotopic (exact) mass is 229 g/mol. The second-order valence-electron chi connectivity index (χ2n) is 4.44. The van der Waals surface area contributed by atoms with Crippen LogP contribution in [0.25, 0.3) is 11.1 Å². The van der Waals surface area contributed by atoms with E-state index >= 15 is 0 Å². The number of nitrogens with one attached hydrogen (secondary N) is 1. The summed E-state index contributed by atoms with van der Waals surface area (Å²) in [7, 11) is 3.93. The van der Waals surface area contributed by atoms with Crippen molar-refractivity contribution in [3.63, 3.8) is 0 Å². The minimum Gasteiger partial charge on any atom is -0.313 e. The Morgan fingerprint density at radius 2 is 2.12 bits per heavy atom. The number of rotatable bonds is 3. The maximum absolute atomic E-state index is 4.38. The van der Waals surface area contributed by atoms with Crippen LogP contribution in [0.2, 0.25) is 0 Å². The largest absolute Gasteiger partial charge is 0.313 e. The molecule has 0 saturated heterocycles. The van der Waals surface area contributed by atoms with E-state index in [-0.39, 0.29) is 0 Å². The summed E-state index contributed by atoms with van der Waals surface area (Å²) in [6.07, 6.45) is 2.07.